The number of hydrogen-bond donors (Lipinski definition) is 0. The smallest absolute Gasteiger partial charge is 0.342 e. The summed E-state index contributed by atoms with van der Waals surface area (Å²) in [6.45, 7) is 1.58. The average molecular weight is 378 g/mol. The van der Waals surface area contributed by atoms with Crippen LogP contribution in [0.3, 0.4) is 0 Å². The van der Waals surface area contributed by atoms with Crippen LogP contribution >= 0.6 is 0 Å². The molecule has 2 heterocycles. The summed E-state index contributed by atoms with van der Waals surface area (Å²) in [6.07, 6.45) is 1.41. The first-order valence-corrected chi connectivity index (χ1v) is 8.47. The quantitative estimate of drug-likeness (QED) is 0.492. The van der Waals surface area contributed by atoms with Gasteiger partial charge in [-0.1, -0.05) is 18.2 Å². The van der Waals surface area contributed by atoms with Gasteiger partial charge >= 0.3 is 5.97 Å². The molecule has 0 N–H and O–H groups in total. The van der Waals surface area contributed by atoms with E-state index in [0.717, 1.165) is 5.56 Å². The first kappa shape index (κ1) is 17.6. The largest absolute Gasteiger partial charge is 0.452 e. The van der Waals surface area contributed by atoms with Gasteiger partial charge in [0.1, 0.15) is 11.4 Å². The number of carbonyl (C=O) groups is 1. The zero-order valence-electron chi connectivity index (χ0n) is 14.9. The summed E-state index contributed by atoms with van der Waals surface area (Å²) < 4.78 is 25.4. The molecule has 0 aliphatic rings. The maximum Gasteiger partial charge on any atom is 0.342 e. The highest BCUT2D eigenvalue weighted by Gasteiger charge is 2.18. The van der Waals surface area contributed by atoms with Crippen LogP contribution in [0.1, 0.15) is 21.9 Å². The Kier molecular flexibility index (Phi) is 4.67. The highest BCUT2D eigenvalue weighted by atomic mass is 19.1. The lowest BCUT2D eigenvalue weighted by Crippen LogP contribution is -2.07. The molecule has 2 aromatic heterocycles. The number of benzene rings is 2. The molecule has 0 radical (unpaired) electrons. The van der Waals surface area contributed by atoms with E-state index in [2.05, 4.69) is 15.3 Å². The molecule has 0 saturated heterocycles. The Morgan fingerprint density at radius 3 is 2.61 bits per heavy atom. The van der Waals surface area contributed by atoms with E-state index in [-0.39, 0.29) is 18.3 Å². The van der Waals surface area contributed by atoms with E-state index in [0.29, 0.717) is 22.8 Å². The van der Waals surface area contributed by atoms with Crippen LogP contribution < -0.4 is 0 Å². The second kappa shape index (κ2) is 7.43. The zero-order chi connectivity index (χ0) is 19.5. The fraction of sp³-hybridized carbons (Fsp3) is 0.100. The van der Waals surface area contributed by atoms with E-state index < -0.39 is 5.97 Å². The highest BCUT2D eigenvalue weighted by molar-refractivity contribution is 5.90. The van der Waals surface area contributed by atoms with E-state index >= 15 is 0 Å². The molecule has 0 aliphatic carbocycles. The van der Waals surface area contributed by atoms with E-state index in [9.17, 15) is 9.18 Å². The number of rotatable bonds is 5. The van der Waals surface area contributed by atoms with Gasteiger partial charge in [-0.15, -0.1) is 10.2 Å². The van der Waals surface area contributed by atoms with Crippen molar-refractivity contribution in [2.45, 2.75) is 13.5 Å². The summed E-state index contributed by atoms with van der Waals surface area (Å²) >= 11 is 0. The zero-order valence-corrected chi connectivity index (χ0v) is 14.9. The van der Waals surface area contributed by atoms with Gasteiger partial charge in [-0.2, -0.15) is 5.10 Å². The standard InChI is InChI=1S/C20H15FN4O3/c1-13-17(11-22-25(13)16-9-7-15(21)8-10-16)20(26)27-12-18-23-24-19(28-18)14-5-3-2-4-6-14/h2-11H,12H2,1H3. The minimum atomic E-state index is -0.565. The van der Waals surface area contributed by atoms with Crippen molar-refractivity contribution in [2.75, 3.05) is 0 Å². The number of carbonyl (C=O) groups excluding carboxylic acids is 1. The van der Waals surface area contributed by atoms with Crippen LogP contribution in [-0.2, 0) is 11.3 Å². The monoisotopic (exact) mass is 378 g/mol. The molecule has 0 aliphatic heterocycles. The third kappa shape index (κ3) is 3.52. The molecule has 0 fully saturated rings. The predicted molar refractivity (Wildman–Crippen MR) is 97.1 cm³/mol. The molecule has 0 unspecified atom stereocenters. The SMILES string of the molecule is Cc1c(C(=O)OCc2nnc(-c3ccccc3)o2)cnn1-c1ccc(F)cc1. The summed E-state index contributed by atoms with van der Waals surface area (Å²) in [4.78, 5) is 12.4. The number of nitrogens with zero attached hydrogens (tertiary/aromatic N) is 4. The van der Waals surface area contributed by atoms with Gasteiger partial charge in [0, 0.05) is 5.56 Å². The molecule has 28 heavy (non-hydrogen) atoms. The van der Waals surface area contributed by atoms with E-state index in [1.165, 1.54) is 23.0 Å². The Hall–Kier alpha value is -3.81. The fourth-order valence-electron chi connectivity index (χ4n) is 2.67. The lowest BCUT2D eigenvalue weighted by molar-refractivity contribution is 0.0438. The molecule has 0 saturated carbocycles. The summed E-state index contributed by atoms with van der Waals surface area (Å²) in [5, 5.41) is 12.0. The molecule has 8 heteroatoms. The molecule has 0 atom stereocenters. The maximum absolute atomic E-state index is 13.1. The minimum Gasteiger partial charge on any atom is -0.452 e. The number of aromatic nitrogens is 4. The molecule has 0 amide bonds. The number of halogens is 1. The van der Waals surface area contributed by atoms with Crippen molar-refractivity contribution < 1.29 is 18.3 Å². The van der Waals surface area contributed by atoms with Gasteiger partial charge in [0.15, 0.2) is 6.61 Å². The van der Waals surface area contributed by atoms with Gasteiger partial charge in [0.25, 0.3) is 5.89 Å². The molecular formula is C20H15FN4O3. The van der Waals surface area contributed by atoms with Gasteiger partial charge in [0.2, 0.25) is 5.89 Å². The average Bonchev–Trinajstić information content (AvgIpc) is 3.34. The van der Waals surface area contributed by atoms with E-state index in [1.54, 1.807) is 19.1 Å². The number of esters is 1. The number of ether oxygens (including phenoxy) is 1. The van der Waals surface area contributed by atoms with Crippen molar-refractivity contribution in [2.24, 2.45) is 0 Å². The van der Waals surface area contributed by atoms with Gasteiger partial charge in [-0.25, -0.2) is 13.9 Å². The molecule has 0 spiro atoms. The molecule has 4 rings (SSSR count). The third-order valence-electron chi connectivity index (χ3n) is 4.12. The van der Waals surface area contributed by atoms with Gasteiger partial charge in [0.05, 0.1) is 17.6 Å². The predicted octanol–water partition coefficient (Wildman–Crippen LogP) is 3.73. The Bertz CT molecular complexity index is 1100. The normalized spacial score (nSPS) is 10.8. The lowest BCUT2D eigenvalue weighted by atomic mass is 10.2. The number of hydrogen-bond acceptors (Lipinski definition) is 6. The molecule has 4 aromatic rings. The van der Waals surface area contributed by atoms with Crippen LogP contribution in [0.5, 0.6) is 0 Å². The van der Waals surface area contributed by atoms with Gasteiger partial charge < -0.3 is 9.15 Å². The van der Waals surface area contributed by atoms with Crippen LogP contribution in [0.25, 0.3) is 17.1 Å². The summed E-state index contributed by atoms with van der Waals surface area (Å²) in [6, 6.07) is 15.1. The van der Waals surface area contributed by atoms with Crippen LogP contribution in [0.15, 0.2) is 65.2 Å². The van der Waals surface area contributed by atoms with Crippen LogP contribution in [-0.4, -0.2) is 25.9 Å². The summed E-state index contributed by atoms with van der Waals surface area (Å²) in [5.41, 5.74) is 2.30. The Morgan fingerprint density at radius 1 is 1.11 bits per heavy atom. The van der Waals surface area contributed by atoms with Crippen LogP contribution in [0, 0.1) is 12.7 Å². The van der Waals surface area contributed by atoms with Gasteiger partial charge in [-0.3, -0.25) is 0 Å². The molecule has 2 aromatic carbocycles. The van der Waals surface area contributed by atoms with Crippen LogP contribution in [0.2, 0.25) is 0 Å². The minimum absolute atomic E-state index is 0.153. The van der Waals surface area contributed by atoms with Crippen molar-refractivity contribution in [1.29, 1.82) is 0 Å². The van der Waals surface area contributed by atoms with Crippen molar-refractivity contribution in [3.8, 4) is 17.1 Å². The second-order valence-electron chi connectivity index (χ2n) is 5.97. The molecule has 0 bridgehead atoms. The summed E-state index contributed by atoms with van der Waals surface area (Å²) in [7, 11) is 0. The first-order chi connectivity index (χ1) is 13.6. The molecular weight excluding hydrogens is 363 g/mol. The Balaban J connectivity index is 1.45. The molecule has 140 valence electrons. The topological polar surface area (TPSA) is 83.0 Å². The van der Waals surface area contributed by atoms with Crippen molar-refractivity contribution in [3.05, 3.63) is 83.8 Å². The Labute approximate surface area is 159 Å². The third-order valence-corrected chi connectivity index (χ3v) is 4.12. The van der Waals surface area contributed by atoms with Crippen molar-refractivity contribution in [1.82, 2.24) is 20.0 Å². The molecule has 7 nitrogen and oxygen atoms in total. The fourth-order valence-corrected chi connectivity index (χ4v) is 2.67. The highest BCUT2D eigenvalue weighted by Crippen LogP contribution is 2.19. The Morgan fingerprint density at radius 2 is 1.86 bits per heavy atom. The van der Waals surface area contributed by atoms with Crippen LogP contribution in [0.4, 0.5) is 4.39 Å². The van der Waals surface area contributed by atoms with E-state index in [4.69, 9.17) is 9.15 Å². The first-order valence-electron chi connectivity index (χ1n) is 8.47. The lowest BCUT2D eigenvalue weighted by Gasteiger charge is -2.05. The second-order valence-corrected chi connectivity index (χ2v) is 5.97. The summed E-state index contributed by atoms with van der Waals surface area (Å²) in [5.74, 6) is -0.365. The van der Waals surface area contributed by atoms with E-state index in [1.807, 2.05) is 30.3 Å². The maximum atomic E-state index is 13.1. The van der Waals surface area contributed by atoms with Crippen molar-refractivity contribution >= 4 is 5.97 Å². The van der Waals surface area contributed by atoms with Gasteiger partial charge in [-0.05, 0) is 43.3 Å². The van der Waals surface area contributed by atoms with Crippen molar-refractivity contribution in [3.63, 3.8) is 0 Å².